The van der Waals surface area contributed by atoms with Crippen LogP contribution in [0.4, 0.5) is 0 Å². The summed E-state index contributed by atoms with van der Waals surface area (Å²) in [6.45, 7) is 2.63. The topological polar surface area (TPSA) is 80.8 Å². The van der Waals surface area contributed by atoms with Crippen molar-refractivity contribution in [3.63, 3.8) is 0 Å². The summed E-state index contributed by atoms with van der Waals surface area (Å²) in [5.41, 5.74) is 2.30. The fourth-order valence-electron chi connectivity index (χ4n) is 1.77. The summed E-state index contributed by atoms with van der Waals surface area (Å²) in [6, 6.07) is 9.27. The fourth-order valence-corrected chi connectivity index (χ4v) is 1.77. The third-order valence-electron chi connectivity index (χ3n) is 2.74. The molecule has 0 N–H and O–H groups in total. The number of benzene rings is 1. The van der Waals surface area contributed by atoms with Gasteiger partial charge in [0.15, 0.2) is 0 Å². The van der Waals surface area contributed by atoms with E-state index in [0.29, 0.717) is 24.4 Å². The van der Waals surface area contributed by atoms with E-state index in [1.165, 1.54) is 0 Å². The quantitative estimate of drug-likeness (QED) is 0.765. The average Bonchev–Trinajstić information content (AvgIpc) is 2.87. The molecule has 0 saturated carbocycles. The van der Waals surface area contributed by atoms with Crippen molar-refractivity contribution in [2.24, 2.45) is 0 Å². The molecule has 102 valence electrons. The van der Waals surface area contributed by atoms with Crippen LogP contribution in [0.15, 0.2) is 30.5 Å². The predicted molar refractivity (Wildman–Crippen MR) is 70.6 cm³/mol. The van der Waals surface area contributed by atoms with Crippen LogP contribution in [0.1, 0.15) is 23.7 Å². The third kappa shape index (κ3) is 3.42. The maximum absolute atomic E-state index is 11.5. The van der Waals surface area contributed by atoms with Crippen LogP contribution in [-0.2, 0) is 22.5 Å². The van der Waals surface area contributed by atoms with Crippen molar-refractivity contribution in [3.05, 3.63) is 47.3 Å². The Morgan fingerprint density at radius 2 is 2.15 bits per heavy atom. The lowest BCUT2D eigenvalue weighted by Crippen LogP contribution is -2.13. The van der Waals surface area contributed by atoms with Gasteiger partial charge in [-0.25, -0.2) is 4.68 Å². The predicted octanol–water partition coefficient (Wildman–Crippen LogP) is 1.30. The van der Waals surface area contributed by atoms with Crippen LogP contribution in [0.2, 0.25) is 0 Å². The Labute approximate surface area is 116 Å². The minimum absolute atomic E-state index is 0.150. The van der Waals surface area contributed by atoms with Crippen LogP contribution in [0, 0.1) is 11.3 Å². The van der Waals surface area contributed by atoms with Crippen LogP contribution < -0.4 is 0 Å². The second-order valence-corrected chi connectivity index (χ2v) is 4.17. The maximum Gasteiger partial charge on any atom is 0.311 e. The molecule has 0 saturated heterocycles. The van der Waals surface area contributed by atoms with Crippen LogP contribution in [0.5, 0.6) is 0 Å². The van der Waals surface area contributed by atoms with Crippen molar-refractivity contribution in [2.45, 2.75) is 19.9 Å². The highest BCUT2D eigenvalue weighted by atomic mass is 16.5. The standard InChI is InChI=1S/C14H14N4O2/c1-2-20-14(19)7-13-9-16-17-18(13)10-12-5-3-11(8-15)4-6-12/h3-6,9H,2,7,10H2,1H3. The zero-order valence-electron chi connectivity index (χ0n) is 11.1. The zero-order valence-corrected chi connectivity index (χ0v) is 11.1. The number of nitrogens with zero attached hydrogens (tertiary/aromatic N) is 4. The lowest BCUT2D eigenvalue weighted by atomic mass is 10.1. The smallest absolute Gasteiger partial charge is 0.311 e. The van der Waals surface area contributed by atoms with E-state index in [4.69, 9.17) is 10.00 Å². The first kappa shape index (κ1) is 13.7. The van der Waals surface area contributed by atoms with E-state index in [-0.39, 0.29) is 12.4 Å². The van der Waals surface area contributed by atoms with Crippen LogP contribution >= 0.6 is 0 Å². The molecule has 2 aromatic rings. The van der Waals surface area contributed by atoms with E-state index in [1.54, 1.807) is 29.9 Å². The number of rotatable bonds is 5. The highest BCUT2D eigenvalue weighted by molar-refractivity contribution is 5.71. The normalized spacial score (nSPS) is 10.0. The lowest BCUT2D eigenvalue weighted by Gasteiger charge is -2.06. The molecule has 6 nitrogen and oxygen atoms in total. The molecule has 0 aliphatic heterocycles. The van der Waals surface area contributed by atoms with E-state index in [9.17, 15) is 4.79 Å². The Bertz CT molecular complexity index is 625. The molecular formula is C14H14N4O2. The monoisotopic (exact) mass is 270 g/mol. The zero-order chi connectivity index (χ0) is 14.4. The van der Waals surface area contributed by atoms with E-state index >= 15 is 0 Å². The van der Waals surface area contributed by atoms with E-state index < -0.39 is 0 Å². The summed E-state index contributed by atoms with van der Waals surface area (Å²) in [5.74, 6) is -0.295. The molecule has 0 unspecified atom stereocenters. The summed E-state index contributed by atoms with van der Waals surface area (Å²) in [7, 11) is 0. The minimum atomic E-state index is -0.295. The molecule has 0 spiro atoms. The van der Waals surface area contributed by atoms with Crippen LogP contribution in [-0.4, -0.2) is 27.6 Å². The van der Waals surface area contributed by atoms with Gasteiger partial charge in [0, 0.05) is 0 Å². The van der Waals surface area contributed by atoms with Gasteiger partial charge in [-0.2, -0.15) is 5.26 Å². The van der Waals surface area contributed by atoms with Gasteiger partial charge in [-0.05, 0) is 24.6 Å². The molecule has 20 heavy (non-hydrogen) atoms. The van der Waals surface area contributed by atoms with Crippen molar-refractivity contribution in [1.82, 2.24) is 15.0 Å². The lowest BCUT2D eigenvalue weighted by molar-refractivity contribution is -0.142. The molecule has 0 aliphatic carbocycles. The van der Waals surface area contributed by atoms with Gasteiger partial charge in [0.25, 0.3) is 0 Å². The van der Waals surface area contributed by atoms with Gasteiger partial charge in [-0.15, -0.1) is 5.10 Å². The second kappa shape index (κ2) is 6.48. The Morgan fingerprint density at radius 1 is 1.40 bits per heavy atom. The Balaban J connectivity index is 2.08. The number of ether oxygens (including phenoxy) is 1. The summed E-state index contributed by atoms with van der Waals surface area (Å²) in [4.78, 5) is 11.5. The van der Waals surface area contributed by atoms with Gasteiger partial charge in [0.05, 0.1) is 43.1 Å². The SMILES string of the molecule is CCOC(=O)Cc1cnnn1Cc1ccc(C#N)cc1. The van der Waals surface area contributed by atoms with Crippen molar-refractivity contribution in [3.8, 4) is 6.07 Å². The molecule has 0 radical (unpaired) electrons. The summed E-state index contributed by atoms with van der Waals surface area (Å²) >= 11 is 0. The van der Waals surface area contributed by atoms with Gasteiger partial charge < -0.3 is 4.74 Å². The van der Waals surface area contributed by atoms with Crippen molar-refractivity contribution >= 4 is 5.97 Å². The van der Waals surface area contributed by atoms with Gasteiger partial charge in [0.2, 0.25) is 0 Å². The van der Waals surface area contributed by atoms with Gasteiger partial charge in [-0.1, -0.05) is 17.3 Å². The Kier molecular flexibility index (Phi) is 4.45. The van der Waals surface area contributed by atoms with Gasteiger partial charge in [0.1, 0.15) is 0 Å². The molecule has 0 atom stereocenters. The number of hydrogen-bond acceptors (Lipinski definition) is 5. The van der Waals surface area contributed by atoms with Crippen molar-refractivity contribution < 1.29 is 9.53 Å². The number of aromatic nitrogens is 3. The number of esters is 1. The minimum Gasteiger partial charge on any atom is -0.466 e. The first-order valence-corrected chi connectivity index (χ1v) is 6.25. The molecule has 1 heterocycles. The third-order valence-corrected chi connectivity index (χ3v) is 2.74. The van der Waals surface area contributed by atoms with Crippen molar-refractivity contribution in [2.75, 3.05) is 6.61 Å². The van der Waals surface area contributed by atoms with E-state index in [2.05, 4.69) is 16.4 Å². The first-order chi connectivity index (χ1) is 9.72. The fraction of sp³-hybridized carbons (Fsp3) is 0.286. The average molecular weight is 270 g/mol. The Morgan fingerprint density at radius 3 is 2.80 bits per heavy atom. The first-order valence-electron chi connectivity index (χ1n) is 6.25. The molecule has 0 amide bonds. The largest absolute Gasteiger partial charge is 0.466 e. The molecule has 0 aliphatic rings. The Hall–Kier alpha value is -2.68. The molecule has 1 aromatic carbocycles. The number of hydrogen-bond donors (Lipinski definition) is 0. The number of carbonyl (C=O) groups excluding carboxylic acids is 1. The summed E-state index contributed by atoms with van der Waals surface area (Å²) in [6.07, 6.45) is 1.71. The summed E-state index contributed by atoms with van der Waals surface area (Å²) in [5, 5.41) is 16.5. The summed E-state index contributed by atoms with van der Waals surface area (Å²) < 4.78 is 6.56. The molecule has 2 rings (SSSR count). The van der Waals surface area contributed by atoms with Crippen molar-refractivity contribution in [1.29, 1.82) is 5.26 Å². The van der Waals surface area contributed by atoms with Gasteiger partial charge >= 0.3 is 5.97 Å². The molecule has 6 heteroatoms. The number of nitriles is 1. The number of carbonyl (C=O) groups is 1. The molecule has 0 fully saturated rings. The van der Waals surface area contributed by atoms with Gasteiger partial charge in [-0.3, -0.25) is 4.79 Å². The van der Waals surface area contributed by atoms with E-state index in [0.717, 1.165) is 5.56 Å². The van der Waals surface area contributed by atoms with Crippen LogP contribution in [0.3, 0.4) is 0 Å². The second-order valence-electron chi connectivity index (χ2n) is 4.17. The molecule has 0 bridgehead atoms. The maximum atomic E-state index is 11.5. The molecular weight excluding hydrogens is 256 g/mol. The molecule has 1 aromatic heterocycles. The van der Waals surface area contributed by atoms with Crippen LogP contribution in [0.25, 0.3) is 0 Å². The highest BCUT2D eigenvalue weighted by Gasteiger charge is 2.10. The highest BCUT2D eigenvalue weighted by Crippen LogP contribution is 2.07. The van der Waals surface area contributed by atoms with E-state index in [1.807, 2.05) is 12.1 Å².